The molecule has 1 atom stereocenters. The molecule has 82 valence electrons. The Labute approximate surface area is 96.9 Å². The maximum Gasteiger partial charge on any atom is 0.129 e. The maximum absolute atomic E-state index is 5.80. The van der Waals surface area contributed by atoms with E-state index in [0.717, 1.165) is 0 Å². The van der Waals surface area contributed by atoms with Gasteiger partial charge in [0, 0.05) is 6.20 Å². The van der Waals surface area contributed by atoms with E-state index < -0.39 is 0 Å². The highest BCUT2D eigenvalue weighted by Gasteiger charge is 2.28. The highest BCUT2D eigenvalue weighted by molar-refractivity contribution is 6.29. The lowest BCUT2D eigenvalue weighted by atomic mass is 9.70. The van der Waals surface area contributed by atoms with Crippen LogP contribution in [-0.4, -0.2) is 4.98 Å². The second kappa shape index (κ2) is 4.13. The molecule has 2 heteroatoms. The second-order valence-corrected chi connectivity index (χ2v) is 5.76. The molecule has 0 radical (unpaired) electrons. The van der Waals surface area contributed by atoms with E-state index >= 15 is 0 Å². The predicted octanol–water partition coefficient (Wildman–Crippen LogP) is 4.42. The van der Waals surface area contributed by atoms with Crippen LogP contribution in [0.3, 0.4) is 0 Å². The van der Waals surface area contributed by atoms with E-state index in [1.165, 1.54) is 31.2 Å². The molecular formula is C13H18ClN. The van der Waals surface area contributed by atoms with Crippen LogP contribution in [0, 0.1) is 5.41 Å². The zero-order valence-electron chi connectivity index (χ0n) is 9.46. The summed E-state index contributed by atoms with van der Waals surface area (Å²) in [6, 6.07) is 4.03. The fourth-order valence-corrected chi connectivity index (χ4v) is 2.72. The van der Waals surface area contributed by atoms with Gasteiger partial charge in [-0.3, -0.25) is 0 Å². The summed E-state index contributed by atoms with van der Waals surface area (Å²) in [5.41, 5.74) is 1.84. The topological polar surface area (TPSA) is 12.9 Å². The average Bonchev–Trinajstić information content (AvgIpc) is 2.17. The molecule has 0 aliphatic heterocycles. The Kier molecular flexibility index (Phi) is 3.01. The monoisotopic (exact) mass is 223 g/mol. The van der Waals surface area contributed by atoms with E-state index in [1.54, 1.807) is 0 Å². The van der Waals surface area contributed by atoms with E-state index in [4.69, 9.17) is 11.6 Å². The number of hydrogen-bond acceptors (Lipinski definition) is 1. The fourth-order valence-electron chi connectivity index (χ4n) is 2.61. The summed E-state index contributed by atoms with van der Waals surface area (Å²) < 4.78 is 0. The molecule has 0 saturated heterocycles. The molecule has 15 heavy (non-hydrogen) atoms. The molecule has 1 saturated carbocycles. The molecule has 1 aromatic heterocycles. The third-order valence-electron chi connectivity index (χ3n) is 3.43. The third-order valence-corrected chi connectivity index (χ3v) is 3.65. The van der Waals surface area contributed by atoms with Crippen LogP contribution >= 0.6 is 11.6 Å². The summed E-state index contributed by atoms with van der Waals surface area (Å²) in [5, 5.41) is 0.591. The molecule has 0 spiro atoms. The van der Waals surface area contributed by atoms with E-state index in [1.807, 2.05) is 12.3 Å². The quantitative estimate of drug-likeness (QED) is 0.643. The van der Waals surface area contributed by atoms with Gasteiger partial charge in [0.05, 0.1) is 0 Å². The molecule has 1 aliphatic carbocycles. The van der Waals surface area contributed by atoms with Crippen molar-refractivity contribution >= 4 is 11.6 Å². The Balaban J connectivity index is 2.13. The summed E-state index contributed by atoms with van der Waals surface area (Å²) in [4.78, 5) is 4.17. The van der Waals surface area contributed by atoms with Crippen LogP contribution in [0.2, 0.25) is 5.15 Å². The molecule has 0 N–H and O–H groups in total. The largest absolute Gasteiger partial charge is 0.244 e. The molecule has 1 heterocycles. The first-order valence-electron chi connectivity index (χ1n) is 5.68. The van der Waals surface area contributed by atoms with Crippen LogP contribution in [-0.2, 0) is 0 Å². The number of hydrogen-bond donors (Lipinski definition) is 0. The summed E-state index contributed by atoms with van der Waals surface area (Å²) in [7, 11) is 0. The van der Waals surface area contributed by atoms with Gasteiger partial charge in [-0.25, -0.2) is 4.98 Å². The number of rotatable bonds is 1. The van der Waals surface area contributed by atoms with Crippen molar-refractivity contribution in [3.63, 3.8) is 0 Å². The van der Waals surface area contributed by atoms with Gasteiger partial charge in [0.1, 0.15) is 5.15 Å². The van der Waals surface area contributed by atoms with E-state index in [-0.39, 0.29) is 0 Å². The summed E-state index contributed by atoms with van der Waals surface area (Å²) >= 11 is 5.80. The summed E-state index contributed by atoms with van der Waals surface area (Å²) in [5.74, 6) is 0.679. The zero-order chi connectivity index (χ0) is 10.9. The van der Waals surface area contributed by atoms with Crippen LogP contribution < -0.4 is 0 Å². The average molecular weight is 224 g/mol. The van der Waals surface area contributed by atoms with Gasteiger partial charge < -0.3 is 0 Å². The van der Waals surface area contributed by atoms with Gasteiger partial charge in [0.15, 0.2) is 0 Å². The van der Waals surface area contributed by atoms with Gasteiger partial charge in [0.2, 0.25) is 0 Å². The van der Waals surface area contributed by atoms with E-state index in [2.05, 4.69) is 24.9 Å². The minimum atomic E-state index is 0.489. The van der Waals surface area contributed by atoms with Gasteiger partial charge in [-0.1, -0.05) is 37.9 Å². The molecule has 1 unspecified atom stereocenters. The molecule has 1 aromatic rings. The molecule has 0 amide bonds. The summed E-state index contributed by atoms with van der Waals surface area (Å²) in [6.07, 6.45) is 7.20. The van der Waals surface area contributed by atoms with E-state index in [0.29, 0.717) is 16.5 Å². The van der Waals surface area contributed by atoms with Crippen molar-refractivity contribution < 1.29 is 0 Å². The maximum atomic E-state index is 5.80. The first kappa shape index (κ1) is 10.9. The van der Waals surface area contributed by atoms with Crippen molar-refractivity contribution in [2.24, 2.45) is 5.41 Å². The molecule has 1 aliphatic rings. The smallest absolute Gasteiger partial charge is 0.129 e. The van der Waals surface area contributed by atoms with Crippen molar-refractivity contribution in [2.75, 3.05) is 0 Å². The van der Waals surface area contributed by atoms with Gasteiger partial charge in [-0.15, -0.1) is 0 Å². The minimum absolute atomic E-state index is 0.489. The van der Waals surface area contributed by atoms with Crippen molar-refractivity contribution in [3.05, 3.63) is 29.0 Å². The predicted molar refractivity (Wildman–Crippen MR) is 64.2 cm³/mol. The Morgan fingerprint density at radius 3 is 2.80 bits per heavy atom. The molecule has 0 bridgehead atoms. The Morgan fingerprint density at radius 2 is 2.20 bits per heavy atom. The van der Waals surface area contributed by atoms with Crippen LogP contribution in [0.25, 0.3) is 0 Å². The highest BCUT2D eigenvalue weighted by atomic mass is 35.5. The normalized spacial score (nSPS) is 25.1. The zero-order valence-corrected chi connectivity index (χ0v) is 10.2. The lowest BCUT2D eigenvalue weighted by Gasteiger charge is -2.35. The lowest BCUT2D eigenvalue weighted by Crippen LogP contribution is -2.21. The fraction of sp³-hybridized carbons (Fsp3) is 0.615. The van der Waals surface area contributed by atoms with Gasteiger partial charge in [-0.2, -0.15) is 0 Å². The first-order chi connectivity index (χ1) is 7.07. The van der Waals surface area contributed by atoms with Crippen LogP contribution in [0.4, 0.5) is 0 Å². The van der Waals surface area contributed by atoms with Crippen molar-refractivity contribution in [2.45, 2.75) is 45.4 Å². The Bertz CT molecular complexity index is 329. The van der Waals surface area contributed by atoms with Crippen molar-refractivity contribution in [1.29, 1.82) is 0 Å². The summed E-state index contributed by atoms with van der Waals surface area (Å²) in [6.45, 7) is 4.73. The van der Waals surface area contributed by atoms with Crippen molar-refractivity contribution in [1.82, 2.24) is 4.98 Å². The first-order valence-corrected chi connectivity index (χ1v) is 6.06. The standard InChI is InChI=1S/C13H18ClN/c1-13(2)7-3-4-10(8-13)11-5-6-12(14)15-9-11/h5-6,9-10H,3-4,7-8H2,1-2H3. The number of halogens is 1. The highest BCUT2D eigenvalue weighted by Crippen LogP contribution is 2.43. The Hall–Kier alpha value is -0.560. The van der Waals surface area contributed by atoms with Crippen LogP contribution in [0.1, 0.15) is 51.0 Å². The molecule has 2 rings (SSSR count). The SMILES string of the molecule is CC1(C)CCCC(c2ccc(Cl)nc2)C1. The van der Waals surface area contributed by atoms with E-state index in [9.17, 15) is 0 Å². The number of aromatic nitrogens is 1. The van der Waals surface area contributed by atoms with Crippen molar-refractivity contribution in [3.8, 4) is 0 Å². The van der Waals surface area contributed by atoms with Crippen LogP contribution in [0.5, 0.6) is 0 Å². The molecule has 1 fully saturated rings. The molecule has 0 aromatic carbocycles. The second-order valence-electron chi connectivity index (χ2n) is 5.37. The number of pyridine rings is 1. The van der Waals surface area contributed by atoms with Gasteiger partial charge in [0.25, 0.3) is 0 Å². The Morgan fingerprint density at radius 1 is 1.40 bits per heavy atom. The molecule has 1 nitrogen and oxygen atoms in total. The van der Waals surface area contributed by atoms with Gasteiger partial charge in [-0.05, 0) is 42.2 Å². The lowest BCUT2D eigenvalue weighted by molar-refractivity contribution is 0.219. The van der Waals surface area contributed by atoms with Gasteiger partial charge >= 0.3 is 0 Å². The van der Waals surface area contributed by atoms with Crippen LogP contribution in [0.15, 0.2) is 18.3 Å². The third kappa shape index (κ3) is 2.72. The number of nitrogens with zero attached hydrogens (tertiary/aromatic N) is 1. The molecular weight excluding hydrogens is 206 g/mol. The minimum Gasteiger partial charge on any atom is -0.244 e.